The number of piperidine rings is 1. The molecule has 1 aromatic carbocycles. The molecule has 1 aliphatic carbocycles. The first kappa shape index (κ1) is 17.9. The molecule has 2 aliphatic rings. The Morgan fingerprint density at radius 2 is 1.78 bits per heavy atom. The van der Waals surface area contributed by atoms with Gasteiger partial charge in [-0.1, -0.05) is 0 Å². The maximum absolute atomic E-state index is 13.2. The molecule has 0 radical (unpaired) electrons. The van der Waals surface area contributed by atoms with Crippen molar-refractivity contribution < 1.29 is 9.18 Å². The number of rotatable bonds is 2. The van der Waals surface area contributed by atoms with E-state index in [1.54, 1.807) is 12.1 Å². The number of aryl methyl sites for hydroxylation is 1. The molecule has 2 heterocycles. The van der Waals surface area contributed by atoms with E-state index < -0.39 is 0 Å². The van der Waals surface area contributed by atoms with Crippen LogP contribution in [-0.4, -0.2) is 33.9 Å². The molecule has 1 unspecified atom stereocenters. The fourth-order valence-electron chi connectivity index (χ4n) is 4.15. The summed E-state index contributed by atoms with van der Waals surface area (Å²) in [4.78, 5) is 34.9. The number of amides is 1. The van der Waals surface area contributed by atoms with Crippen LogP contribution in [0.2, 0.25) is 0 Å². The zero-order valence-corrected chi connectivity index (χ0v) is 15.3. The minimum Gasteiger partial charge on any atom is -0.342 e. The molecule has 1 aliphatic heterocycles. The second-order valence-electron chi connectivity index (χ2n) is 7.51. The molecule has 142 valence electrons. The lowest BCUT2D eigenvalue weighted by Gasteiger charge is -2.30. The number of H-pyrrole nitrogens is 1. The molecular weight excluding hydrogens is 345 g/mol. The summed E-state index contributed by atoms with van der Waals surface area (Å²) in [6.07, 6.45) is 5.99. The fourth-order valence-corrected chi connectivity index (χ4v) is 4.15. The van der Waals surface area contributed by atoms with E-state index in [1.807, 2.05) is 4.90 Å². The summed E-state index contributed by atoms with van der Waals surface area (Å²) in [5.41, 5.74) is 1.99. The standard InChI is InChI=1S/C21H24FN3O2/c22-16-8-4-14(5-9-16)19-23-18-11-7-15(6-10-17(18)20(26)24-19)21(27)25-12-2-1-3-13-25/h4-5,8-9,15H,1-3,6-7,10-13H2,(H,23,24,26). The molecule has 0 bridgehead atoms. The Morgan fingerprint density at radius 3 is 2.52 bits per heavy atom. The van der Waals surface area contributed by atoms with E-state index in [9.17, 15) is 14.0 Å². The van der Waals surface area contributed by atoms with Gasteiger partial charge in [-0.15, -0.1) is 0 Å². The highest BCUT2D eigenvalue weighted by Crippen LogP contribution is 2.26. The van der Waals surface area contributed by atoms with Crippen molar-refractivity contribution in [2.75, 3.05) is 13.1 Å². The first-order chi connectivity index (χ1) is 13.1. The van der Waals surface area contributed by atoms with Gasteiger partial charge in [0.05, 0.1) is 5.69 Å². The average Bonchev–Trinajstić information content (AvgIpc) is 2.92. The van der Waals surface area contributed by atoms with Crippen molar-refractivity contribution in [3.05, 3.63) is 51.7 Å². The molecule has 1 saturated heterocycles. The van der Waals surface area contributed by atoms with Crippen molar-refractivity contribution in [1.82, 2.24) is 14.9 Å². The lowest BCUT2D eigenvalue weighted by atomic mass is 9.97. The van der Waals surface area contributed by atoms with Crippen molar-refractivity contribution in [3.63, 3.8) is 0 Å². The number of likely N-dealkylation sites (tertiary alicyclic amines) is 1. The maximum Gasteiger partial charge on any atom is 0.254 e. The van der Waals surface area contributed by atoms with E-state index in [1.165, 1.54) is 18.6 Å². The number of fused-ring (bicyclic) bond motifs is 1. The molecular formula is C21H24FN3O2. The zero-order chi connectivity index (χ0) is 18.8. The molecule has 0 spiro atoms. The van der Waals surface area contributed by atoms with Crippen LogP contribution in [0.25, 0.3) is 11.4 Å². The van der Waals surface area contributed by atoms with E-state index in [-0.39, 0.29) is 23.2 Å². The summed E-state index contributed by atoms with van der Waals surface area (Å²) < 4.78 is 13.2. The SMILES string of the molecule is O=C(C1CCc2nc(-c3ccc(F)cc3)[nH]c(=O)c2CC1)N1CCCCC1. The van der Waals surface area contributed by atoms with Crippen molar-refractivity contribution >= 4 is 5.91 Å². The van der Waals surface area contributed by atoms with Crippen molar-refractivity contribution in [3.8, 4) is 11.4 Å². The molecule has 2 aromatic rings. The number of benzene rings is 1. The van der Waals surface area contributed by atoms with Gasteiger partial charge in [0.1, 0.15) is 11.6 Å². The highest BCUT2D eigenvalue weighted by Gasteiger charge is 2.29. The van der Waals surface area contributed by atoms with Crippen LogP contribution in [0, 0.1) is 11.7 Å². The van der Waals surface area contributed by atoms with Gasteiger partial charge in [-0.05, 0) is 69.2 Å². The number of carbonyl (C=O) groups excluding carboxylic acids is 1. The molecule has 5 nitrogen and oxygen atoms in total. The highest BCUT2D eigenvalue weighted by molar-refractivity contribution is 5.79. The molecule has 1 amide bonds. The summed E-state index contributed by atoms with van der Waals surface area (Å²) >= 11 is 0. The van der Waals surface area contributed by atoms with Crippen LogP contribution in [0.15, 0.2) is 29.1 Å². The number of aromatic amines is 1. The first-order valence-corrected chi connectivity index (χ1v) is 9.78. The third kappa shape index (κ3) is 3.80. The van der Waals surface area contributed by atoms with E-state index in [0.717, 1.165) is 38.0 Å². The minimum absolute atomic E-state index is 0.0361. The Kier molecular flexibility index (Phi) is 5.05. The van der Waals surface area contributed by atoms with E-state index >= 15 is 0 Å². The van der Waals surface area contributed by atoms with Crippen LogP contribution in [0.1, 0.15) is 43.4 Å². The first-order valence-electron chi connectivity index (χ1n) is 9.78. The summed E-state index contributed by atoms with van der Waals surface area (Å²) in [7, 11) is 0. The Bertz CT molecular complexity index is 885. The van der Waals surface area contributed by atoms with E-state index in [4.69, 9.17) is 0 Å². The number of nitrogens with one attached hydrogen (secondary N) is 1. The summed E-state index contributed by atoms with van der Waals surface area (Å²) in [5.74, 6) is 0.332. The number of aromatic nitrogens is 2. The third-order valence-corrected chi connectivity index (χ3v) is 5.71. The number of carbonyl (C=O) groups is 1. The second kappa shape index (κ2) is 7.62. The second-order valence-corrected chi connectivity index (χ2v) is 7.51. The topological polar surface area (TPSA) is 66.1 Å². The predicted octanol–water partition coefficient (Wildman–Crippen LogP) is 3.08. The summed E-state index contributed by atoms with van der Waals surface area (Å²) in [6.45, 7) is 1.71. The predicted molar refractivity (Wildman–Crippen MR) is 101 cm³/mol. The normalized spacial score (nSPS) is 20.0. The van der Waals surface area contributed by atoms with Gasteiger partial charge in [0.25, 0.3) is 5.56 Å². The van der Waals surface area contributed by atoms with Crippen molar-refractivity contribution in [2.45, 2.75) is 44.9 Å². The van der Waals surface area contributed by atoms with Gasteiger partial charge < -0.3 is 9.88 Å². The van der Waals surface area contributed by atoms with E-state index in [2.05, 4.69) is 9.97 Å². The minimum atomic E-state index is -0.324. The van der Waals surface area contributed by atoms with Crippen LogP contribution in [0.5, 0.6) is 0 Å². The van der Waals surface area contributed by atoms with Crippen molar-refractivity contribution in [2.24, 2.45) is 5.92 Å². The van der Waals surface area contributed by atoms with Gasteiger partial charge >= 0.3 is 0 Å². The quantitative estimate of drug-likeness (QED) is 0.828. The molecule has 6 heteroatoms. The number of hydrogen-bond donors (Lipinski definition) is 1. The Labute approximate surface area is 157 Å². The van der Waals surface area contributed by atoms with Crippen LogP contribution in [-0.2, 0) is 17.6 Å². The Balaban J connectivity index is 1.55. The summed E-state index contributed by atoms with van der Waals surface area (Å²) in [6, 6.07) is 5.93. The van der Waals surface area contributed by atoms with E-state index in [0.29, 0.717) is 36.2 Å². The monoisotopic (exact) mass is 369 g/mol. The average molecular weight is 369 g/mol. The lowest BCUT2D eigenvalue weighted by molar-refractivity contribution is -0.136. The Hall–Kier alpha value is -2.50. The van der Waals surface area contributed by atoms with Crippen LogP contribution in [0.3, 0.4) is 0 Å². The highest BCUT2D eigenvalue weighted by atomic mass is 19.1. The molecule has 1 N–H and O–H groups in total. The molecule has 1 fully saturated rings. The molecule has 0 saturated carbocycles. The largest absolute Gasteiger partial charge is 0.342 e. The van der Waals surface area contributed by atoms with Gasteiger partial charge in [-0.3, -0.25) is 9.59 Å². The van der Waals surface area contributed by atoms with Gasteiger partial charge in [0, 0.05) is 30.1 Å². The van der Waals surface area contributed by atoms with Crippen LogP contribution >= 0.6 is 0 Å². The van der Waals surface area contributed by atoms with Crippen molar-refractivity contribution in [1.29, 1.82) is 0 Å². The van der Waals surface area contributed by atoms with Gasteiger partial charge in [-0.2, -0.15) is 0 Å². The lowest BCUT2D eigenvalue weighted by Crippen LogP contribution is -2.39. The fraction of sp³-hybridized carbons (Fsp3) is 0.476. The number of hydrogen-bond acceptors (Lipinski definition) is 3. The van der Waals surface area contributed by atoms with Gasteiger partial charge in [-0.25, -0.2) is 9.37 Å². The van der Waals surface area contributed by atoms with Gasteiger partial charge in [0.2, 0.25) is 5.91 Å². The molecule has 1 atom stereocenters. The summed E-state index contributed by atoms with van der Waals surface area (Å²) in [5, 5.41) is 0. The maximum atomic E-state index is 13.2. The molecule has 4 rings (SSSR count). The zero-order valence-electron chi connectivity index (χ0n) is 15.3. The van der Waals surface area contributed by atoms with Crippen LogP contribution in [0.4, 0.5) is 4.39 Å². The number of nitrogens with zero attached hydrogens (tertiary/aromatic N) is 2. The van der Waals surface area contributed by atoms with Gasteiger partial charge in [0.15, 0.2) is 0 Å². The van der Waals surface area contributed by atoms with Crippen LogP contribution < -0.4 is 5.56 Å². The number of halogens is 1. The molecule has 1 aromatic heterocycles. The Morgan fingerprint density at radius 1 is 1.07 bits per heavy atom. The smallest absolute Gasteiger partial charge is 0.254 e. The third-order valence-electron chi connectivity index (χ3n) is 5.71. The molecule has 27 heavy (non-hydrogen) atoms.